The van der Waals surface area contributed by atoms with Crippen LogP contribution in [0.4, 0.5) is 0 Å². The molecular weight excluding hydrogens is 548 g/mol. The minimum absolute atomic E-state index is 0.153. The van der Waals surface area contributed by atoms with Gasteiger partial charge in [-0.25, -0.2) is 4.79 Å². The Morgan fingerprint density at radius 1 is 1.09 bits per heavy atom. The third-order valence-corrected chi connectivity index (χ3v) is 11.5. The second kappa shape index (κ2) is 12.4. The zero-order chi connectivity index (χ0) is 32.0. The van der Waals surface area contributed by atoms with E-state index in [1.165, 1.54) is 25.7 Å². The van der Waals surface area contributed by atoms with Crippen molar-refractivity contribution in [1.82, 2.24) is 0 Å². The van der Waals surface area contributed by atoms with Gasteiger partial charge in [-0.3, -0.25) is 4.79 Å². The summed E-state index contributed by atoms with van der Waals surface area (Å²) >= 11 is 0. The van der Waals surface area contributed by atoms with Gasteiger partial charge < -0.3 is 29.9 Å². The van der Waals surface area contributed by atoms with E-state index in [-0.39, 0.29) is 17.5 Å². The van der Waals surface area contributed by atoms with Crippen LogP contribution in [0.3, 0.4) is 0 Å². The molecule has 1 unspecified atom stereocenters. The van der Waals surface area contributed by atoms with Crippen LogP contribution < -0.4 is 0 Å². The molecule has 4 aliphatic rings. The fraction of sp³-hybridized carbons (Fsp3) is 0.771. The molecular formula is C35H54O8. The van der Waals surface area contributed by atoms with E-state index in [0.717, 1.165) is 19.3 Å². The largest absolute Gasteiger partial charge is 0.458 e. The normalized spacial score (nSPS) is 39.5. The molecule has 2 bridgehead atoms. The average molecular weight is 603 g/mol. The van der Waals surface area contributed by atoms with Crippen molar-refractivity contribution >= 4 is 11.9 Å². The third-order valence-electron chi connectivity index (χ3n) is 11.5. The number of carbonyl (C=O) groups excluding carboxylic acids is 2. The molecule has 2 saturated carbocycles. The first-order chi connectivity index (χ1) is 20.2. The summed E-state index contributed by atoms with van der Waals surface area (Å²) in [7, 11) is 0. The first kappa shape index (κ1) is 33.9. The SMILES string of the molecule is C/C=C(/C)C(=O)O[C@H]1C(C)=C[C@]23C(O)[C@@H](C=C(CO)[C@@H](O)[C@]12O)[C@@H]1C(C)(C)[C@]1(OC(=O)CCCCCCCCC)C[C@H]3C. The number of esters is 2. The van der Waals surface area contributed by atoms with Crippen LogP contribution in [0.25, 0.3) is 0 Å². The Bertz CT molecular complexity index is 1170. The van der Waals surface area contributed by atoms with Crippen molar-refractivity contribution in [1.29, 1.82) is 0 Å². The van der Waals surface area contributed by atoms with Crippen LogP contribution in [-0.2, 0) is 19.1 Å². The second-order valence-corrected chi connectivity index (χ2v) is 14.3. The number of fused-ring (bicyclic) bond motifs is 3. The summed E-state index contributed by atoms with van der Waals surface area (Å²) in [6.07, 6.45) is 9.32. The quantitative estimate of drug-likeness (QED) is 0.107. The minimum Gasteiger partial charge on any atom is -0.458 e. The number of hydrogen-bond donors (Lipinski definition) is 4. The van der Waals surface area contributed by atoms with E-state index in [2.05, 4.69) is 6.92 Å². The van der Waals surface area contributed by atoms with Gasteiger partial charge in [-0.15, -0.1) is 0 Å². The summed E-state index contributed by atoms with van der Waals surface area (Å²) in [5, 5.41) is 47.1. The Balaban J connectivity index is 1.68. The number of allylic oxidation sites excluding steroid dienone is 1. The highest BCUT2D eigenvalue weighted by molar-refractivity contribution is 5.88. The second-order valence-electron chi connectivity index (χ2n) is 14.3. The average Bonchev–Trinajstić information content (AvgIpc) is 3.36. The van der Waals surface area contributed by atoms with Crippen LogP contribution in [0.1, 0.15) is 106 Å². The maximum atomic E-state index is 13.3. The fourth-order valence-electron chi connectivity index (χ4n) is 9.00. The molecule has 4 N–H and O–H groups in total. The zero-order valence-corrected chi connectivity index (χ0v) is 27.2. The van der Waals surface area contributed by atoms with Gasteiger partial charge in [0.15, 0.2) is 6.10 Å². The maximum absolute atomic E-state index is 13.3. The fourth-order valence-corrected chi connectivity index (χ4v) is 9.00. The van der Waals surface area contributed by atoms with E-state index < -0.39 is 64.8 Å². The van der Waals surface area contributed by atoms with E-state index in [9.17, 15) is 30.0 Å². The molecule has 1 spiro atoms. The minimum atomic E-state index is -2.16. The molecule has 0 aromatic heterocycles. The Hall–Kier alpha value is -2.00. The smallest absolute Gasteiger partial charge is 0.334 e. The van der Waals surface area contributed by atoms with Crippen LogP contribution in [0.2, 0.25) is 0 Å². The first-order valence-electron chi connectivity index (χ1n) is 16.4. The van der Waals surface area contributed by atoms with Crippen molar-refractivity contribution in [2.45, 2.75) is 136 Å². The number of hydrogen-bond acceptors (Lipinski definition) is 8. The van der Waals surface area contributed by atoms with Crippen molar-refractivity contribution in [3.63, 3.8) is 0 Å². The van der Waals surface area contributed by atoms with Gasteiger partial charge in [0, 0.05) is 29.2 Å². The van der Waals surface area contributed by atoms with Gasteiger partial charge in [0.2, 0.25) is 0 Å². The van der Waals surface area contributed by atoms with Gasteiger partial charge in [0.05, 0.1) is 18.1 Å². The standard InChI is InChI=1S/C35H54O8/c1-8-10-11-12-13-14-15-16-26(37)43-34-19-23(5)33-18-22(4)30(42-31(40)21(3)9-2)35(33,41)28(38)24(20-36)17-25(29(33)39)27(34)32(34,6)7/h9,17-18,23,25,27-30,36,38-39,41H,8,10-16,19-20H2,1-7H3/b21-9-/t23-,25+,27-,28-,29?,30+,33+,34+,35+/m1/s1. The van der Waals surface area contributed by atoms with Crippen molar-refractivity contribution < 1.29 is 39.5 Å². The number of unbranched alkanes of at least 4 members (excludes halogenated alkanes) is 6. The maximum Gasteiger partial charge on any atom is 0.334 e. The lowest BCUT2D eigenvalue weighted by molar-refractivity contribution is -0.224. The van der Waals surface area contributed by atoms with Gasteiger partial charge in [0.25, 0.3) is 0 Å². The topological polar surface area (TPSA) is 134 Å². The Morgan fingerprint density at radius 3 is 2.33 bits per heavy atom. The molecule has 43 heavy (non-hydrogen) atoms. The molecule has 9 atom stereocenters. The molecule has 8 nitrogen and oxygen atoms in total. The lowest BCUT2D eigenvalue weighted by Crippen LogP contribution is -2.67. The Kier molecular flexibility index (Phi) is 9.78. The highest BCUT2D eigenvalue weighted by Gasteiger charge is 2.83. The van der Waals surface area contributed by atoms with Crippen LogP contribution in [-0.4, -0.2) is 68.5 Å². The first-order valence-corrected chi connectivity index (χ1v) is 16.4. The van der Waals surface area contributed by atoms with Crippen LogP contribution in [0.15, 0.2) is 34.9 Å². The van der Waals surface area contributed by atoms with Gasteiger partial charge in [0.1, 0.15) is 17.3 Å². The molecule has 0 heterocycles. The van der Waals surface area contributed by atoms with E-state index in [1.54, 1.807) is 39.0 Å². The summed E-state index contributed by atoms with van der Waals surface area (Å²) in [4.78, 5) is 26.2. The van der Waals surface area contributed by atoms with E-state index in [0.29, 0.717) is 24.0 Å². The zero-order valence-electron chi connectivity index (χ0n) is 27.2. The predicted molar refractivity (Wildman–Crippen MR) is 164 cm³/mol. The molecule has 0 amide bonds. The van der Waals surface area contributed by atoms with E-state index in [4.69, 9.17) is 9.47 Å². The van der Waals surface area contributed by atoms with Gasteiger partial charge in [-0.05, 0) is 50.7 Å². The molecule has 4 rings (SSSR count). The highest BCUT2D eigenvalue weighted by Crippen LogP contribution is 2.76. The summed E-state index contributed by atoms with van der Waals surface area (Å²) in [6, 6.07) is 0. The third kappa shape index (κ3) is 5.14. The highest BCUT2D eigenvalue weighted by atomic mass is 16.6. The lowest BCUT2D eigenvalue weighted by atomic mass is 9.58. The van der Waals surface area contributed by atoms with Crippen molar-refractivity contribution in [2.75, 3.05) is 6.61 Å². The van der Waals surface area contributed by atoms with Crippen LogP contribution in [0.5, 0.6) is 0 Å². The molecule has 0 saturated heterocycles. The van der Waals surface area contributed by atoms with Crippen LogP contribution in [0, 0.1) is 28.6 Å². The molecule has 4 aliphatic carbocycles. The van der Waals surface area contributed by atoms with Gasteiger partial charge in [-0.1, -0.05) is 84.4 Å². The molecule has 0 radical (unpaired) electrons. The predicted octanol–water partition coefficient (Wildman–Crippen LogP) is 4.93. The van der Waals surface area contributed by atoms with Gasteiger partial charge >= 0.3 is 11.9 Å². The van der Waals surface area contributed by atoms with E-state index >= 15 is 0 Å². The van der Waals surface area contributed by atoms with Gasteiger partial charge in [-0.2, -0.15) is 0 Å². The molecule has 0 aromatic carbocycles. The monoisotopic (exact) mass is 602 g/mol. The number of ether oxygens (including phenoxy) is 2. The Labute approximate surface area is 257 Å². The number of rotatable bonds is 12. The van der Waals surface area contributed by atoms with Crippen molar-refractivity contribution in [3.8, 4) is 0 Å². The number of carbonyl (C=O) groups is 2. The summed E-state index contributed by atoms with van der Waals surface area (Å²) in [5.41, 5.74) is -3.96. The molecule has 0 aromatic rings. The molecule has 2 fully saturated rings. The molecule has 8 heteroatoms. The summed E-state index contributed by atoms with van der Waals surface area (Å²) in [5.74, 6) is -2.31. The van der Waals surface area contributed by atoms with Crippen molar-refractivity contribution in [2.24, 2.45) is 28.6 Å². The molecule has 0 aliphatic heterocycles. The summed E-state index contributed by atoms with van der Waals surface area (Å²) < 4.78 is 12.3. The van der Waals surface area contributed by atoms with Crippen LogP contribution >= 0.6 is 0 Å². The number of aliphatic hydroxyl groups is 4. The number of aliphatic hydroxyl groups excluding tert-OH is 3. The summed E-state index contributed by atoms with van der Waals surface area (Å²) in [6.45, 7) is 12.7. The molecule has 242 valence electrons. The van der Waals surface area contributed by atoms with E-state index in [1.807, 2.05) is 20.8 Å². The van der Waals surface area contributed by atoms with Crippen molar-refractivity contribution in [3.05, 3.63) is 34.9 Å². The Morgan fingerprint density at radius 2 is 1.72 bits per heavy atom. The lowest BCUT2D eigenvalue weighted by Gasteiger charge is -2.52.